The molecule has 1 fully saturated rings. The highest BCUT2D eigenvalue weighted by Gasteiger charge is 2.23. The van der Waals surface area contributed by atoms with Crippen LogP contribution in [-0.2, 0) is 6.54 Å². The molecule has 0 saturated carbocycles. The van der Waals surface area contributed by atoms with E-state index in [1.54, 1.807) is 11.3 Å². The standard InChI is InChI=1S/C10H13BrClNS/c11-6-8-2-1-5-13(8)7-9-3-4-10(12)14-9/h3-4,8H,1-2,5-7H2. The van der Waals surface area contributed by atoms with E-state index >= 15 is 0 Å². The molecule has 0 aromatic carbocycles. The molecular weight excluding hydrogens is 282 g/mol. The van der Waals surface area contributed by atoms with E-state index in [4.69, 9.17) is 11.6 Å². The molecule has 0 N–H and O–H groups in total. The fourth-order valence-corrected chi connectivity index (χ4v) is 3.76. The van der Waals surface area contributed by atoms with Crippen molar-refractivity contribution in [3.05, 3.63) is 21.3 Å². The molecule has 0 amide bonds. The molecule has 1 aliphatic rings. The zero-order valence-corrected chi connectivity index (χ0v) is 11.0. The van der Waals surface area contributed by atoms with Gasteiger partial charge in [0, 0.05) is 22.8 Å². The lowest BCUT2D eigenvalue weighted by atomic mass is 10.2. The van der Waals surface area contributed by atoms with Gasteiger partial charge in [0.1, 0.15) is 0 Å². The van der Waals surface area contributed by atoms with Gasteiger partial charge in [0.25, 0.3) is 0 Å². The lowest BCUT2D eigenvalue weighted by Gasteiger charge is -2.21. The Hall–Kier alpha value is 0.430. The lowest BCUT2D eigenvalue weighted by molar-refractivity contribution is 0.267. The van der Waals surface area contributed by atoms with Crippen molar-refractivity contribution in [2.45, 2.75) is 25.4 Å². The number of nitrogens with zero attached hydrogens (tertiary/aromatic N) is 1. The Morgan fingerprint density at radius 3 is 3.07 bits per heavy atom. The number of hydrogen-bond acceptors (Lipinski definition) is 2. The van der Waals surface area contributed by atoms with Gasteiger partial charge in [-0.2, -0.15) is 0 Å². The van der Waals surface area contributed by atoms with Crippen molar-refractivity contribution in [2.24, 2.45) is 0 Å². The summed E-state index contributed by atoms with van der Waals surface area (Å²) in [5.74, 6) is 0. The minimum absolute atomic E-state index is 0.718. The van der Waals surface area contributed by atoms with Crippen LogP contribution in [0.5, 0.6) is 0 Å². The molecule has 1 atom stereocenters. The maximum atomic E-state index is 5.91. The molecule has 1 aliphatic heterocycles. The fraction of sp³-hybridized carbons (Fsp3) is 0.600. The molecule has 1 aromatic rings. The van der Waals surface area contributed by atoms with Crippen molar-refractivity contribution in [1.82, 2.24) is 4.90 Å². The number of likely N-dealkylation sites (tertiary alicyclic amines) is 1. The van der Waals surface area contributed by atoms with Crippen LogP contribution in [0.2, 0.25) is 4.34 Å². The van der Waals surface area contributed by atoms with Crippen LogP contribution in [0.4, 0.5) is 0 Å². The molecule has 1 nitrogen and oxygen atoms in total. The predicted molar refractivity (Wildman–Crippen MR) is 66.6 cm³/mol. The van der Waals surface area contributed by atoms with Crippen molar-refractivity contribution >= 4 is 38.9 Å². The highest BCUT2D eigenvalue weighted by atomic mass is 79.9. The van der Waals surface area contributed by atoms with Gasteiger partial charge in [-0.05, 0) is 31.5 Å². The molecule has 0 spiro atoms. The molecule has 0 bridgehead atoms. The van der Waals surface area contributed by atoms with E-state index in [2.05, 4.69) is 26.9 Å². The molecule has 14 heavy (non-hydrogen) atoms. The number of rotatable bonds is 3. The quantitative estimate of drug-likeness (QED) is 0.767. The van der Waals surface area contributed by atoms with Crippen molar-refractivity contribution in [3.63, 3.8) is 0 Å². The third-order valence-electron chi connectivity index (χ3n) is 2.66. The molecule has 1 saturated heterocycles. The van der Waals surface area contributed by atoms with Crippen LogP contribution in [0.1, 0.15) is 17.7 Å². The fourth-order valence-electron chi connectivity index (χ4n) is 1.91. The molecule has 1 aromatic heterocycles. The Bertz CT molecular complexity index is 302. The van der Waals surface area contributed by atoms with E-state index in [1.807, 2.05) is 6.07 Å². The SMILES string of the molecule is Clc1ccc(CN2CCCC2CBr)s1. The van der Waals surface area contributed by atoms with Crippen LogP contribution in [0.3, 0.4) is 0 Å². The molecule has 2 heterocycles. The van der Waals surface area contributed by atoms with Gasteiger partial charge < -0.3 is 0 Å². The van der Waals surface area contributed by atoms with E-state index < -0.39 is 0 Å². The monoisotopic (exact) mass is 293 g/mol. The van der Waals surface area contributed by atoms with E-state index in [0.717, 1.165) is 22.3 Å². The molecule has 2 rings (SSSR count). The second-order valence-corrected chi connectivity index (χ2v) is 6.07. The summed E-state index contributed by atoms with van der Waals surface area (Å²) in [6.07, 6.45) is 2.65. The number of halogens is 2. The van der Waals surface area contributed by atoms with Gasteiger partial charge in [0.05, 0.1) is 4.34 Å². The molecule has 78 valence electrons. The Morgan fingerprint density at radius 2 is 2.43 bits per heavy atom. The normalized spacial score (nSPS) is 23.1. The molecule has 0 aliphatic carbocycles. The Labute approximate surface area is 102 Å². The van der Waals surface area contributed by atoms with E-state index in [9.17, 15) is 0 Å². The number of hydrogen-bond donors (Lipinski definition) is 0. The Morgan fingerprint density at radius 1 is 1.57 bits per heavy atom. The summed E-state index contributed by atoms with van der Waals surface area (Å²) >= 11 is 11.2. The topological polar surface area (TPSA) is 3.24 Å². The number of alkyl halides is 1. The van der Waals surface area contributed by atoms with Crippen LogP contribution in [0, 0.1) is 0 Å². The molecule has 4 heteroatoms. The van der Waals surface area contributed by atoms with Crippen molar-refractivity contribution < 1.29 is 0 Å². The minimum atomic E-state index is 0.718. The van der Waals surface area contributed by atoms with Crippen LogP contribution in [-0.4, -0.2) is 22.8 Å². The largest absolute Gasteiger partial charge is 0.294 e. The first-order valence-electron chi connectivity index (χ1n) is 4.84. The first-order valence-corrected chi connectivity index (χ1v) is 7.15. The number of thiophene rings is 1. The van der Waals surface area contributed by atoms with Gasteiger partial charge in [0.2, 0.25) is 0 Å². The molecule has 1 unspecified atom stereocenters. The highest BCUT2D eigenvalue weighted by Crippen LogP contribution is 2.26. The summed E-state index contributed by atoms with van der Waals surface area (Å²) in [6, 6.07) is 4.84. The Balaban J connectivity index is 1.96. The second-order valence-electron chi connectivity index (χ2n) is 3.63. The van der Waals surface area contributed by atoms with Crippen LogP contribution in [0.15, 0.2) is 12.1 Å². The summed E-state index contributed by atoms with van der Waals surface area (Å²) < 4.78 is 0.898. The van der Waals surface area contributed by atoms with E-state index in [1.165, 1.54) is 24.3 Å². The van der Waals surface area contributed by atoms with Crippen molar-refractivity contribution in [1.29, 1.82) is 0 Å². The first-order chi connectivity index (χ1) is 6.79. The summed E-state index contributed by atoms with van der Waals surface area (Å²) in [5, 5.41) is 1.09. The summed E-state index contributed by atoms with van der Waals surface area (Å²) in [6.45, 7) is 2.29. The zero-order valence-electron chi connectivity index (χ0n) is 7.88. The highest BCUT2D eigenvalue weighted by molar-refractivity contribution is 9.09. The first kappa shape index (κ1) is 10.9. The van der Waals surface area contributed by atoms with Gasteiger partial charge in [-0.25, -0.2) is 0 Å². The van der Waals surface area contributed by atoms with Gasteiger partial charge in [-0.3, -0.25) is 4.90 Å². The summed E-state index contributed by atoms with van der Waals surface area (Å²) in [5.41, 5.74) is 0. The maximum Gasteiger partial charge on any atom is 0.0931 e. The lowest BCUT2D eigenvalue weighted by Crippen LogP contribution is -2.29. The minimum Gasteiger partial charge on any atom is -0.294 e. The molecular formula is C10H13BrClNS. The third-order valence-corrected chi connectivity index (χ3v) is 4.63. The average Bonchev–Trinajstić information content (AvgIpc) is 2.76. The van der Waals surface area contributed by atoms with E-state index in [-0.39, 0.29) is 0 Å². The smallest absolute Gasteiger partial charge is 0.0931 e. The Kier molecular flexibility index (Phi) is 3.88. The van der Waals surface area contributed by atoms with Gasteiger partial charge >= 0.3 is 0 Å². The maximum absolute atomic E-state index is 5.91. The predicted octanol–water partition coefficient (Wildman–Crippen LogP) is 3.76. The van der Waals surface area contributed by atoms with E-state index in [0.29, 0.717) is 0 Å². The van der Waals surface area contributed by atoms with Crippen LogP contribution in [0.25, 0.3) is 0 Å². The van der Waals surface area contributed by atoms with Crippen LogP contribution >= 0.6 is 38.9 Å². The zero-order chi connectivity index (χ0) is 9.97. The van der Waals surface area contributed by atoms with Gasteiger partial charge in [0.15, 0.2) is 0 Å². The van der Waals surface area contributed by atoms with Crippen molar-refractivity contribution in [2.75, 3.05) is 11.9 Å². The van der Waals surface area contributed by atoms with Crippen molar-refractivity contribution in [3.8, 4) is 0 Å². The summed E-state index contributed by atoms with van der Waals surface area (Å²) in [7, 11) is 0. The summed E-state index contributed by atoms with van der Waals surface area (Å²) in [4.78, 5) is 3.92. The third kappa shape index (κ3) is 2.51. The average molecular weight is 295 g/mol. The molecule has 0 radical (unpaired) electrons. The van der Waals surface area contributed by atoms with Gasteiger partial charge in [-0.15, -0.1) is 11.3 Å². The second kappa shape index (κ2) is 4.97. The van der Waals surface area contributed by atoms with Crippen LogP contribution < -0.4 is 0 Å². The van der Waals surface area contributed by atoms with Gasteiger partial charge in [-0.1, -0.05) is 27.5 Å².